The molecule has 2 aromatic rings. The minimum Gasteiger partial charge on any atom is -0.485 e. The number of benzene rings is 2. The zero-order chi connectivity index (χ0) is 17.2. The average Bonchev–Trinajstić information content (AvgIpc) is 2.59. The van der Waals surface area contributed by atoms with Crippen LogP contribution in [0.5, 0.6) is 11.5 Å². The number of nitrogens with one attached hydrogen (secondary N) is 2. The van der Waals surface area contributed by atoms with Crippen LogP contribution in [-0.4, -0.2) is 27.0 Å². The fourth-order valence-electron chi connectivity index (χ4n) is 2.02. The van der Waals surface area contributed by atoms with Gasteiger partial charge in [-0.25, -0.2) is 8.42 Å². The molecule has 1 heterocycles. The predicted octanol–water partition coefficient (Wildman–Crippen LogP) is 1.60. The Kier molecular flexibility index (Phi) is 4.74. The van der Waals surface area contributed by atoms with Crippen molar-refractivity contribution in [2.75, 3.05) is 6.61 Å². The van der Waals surface area contributed by atoms with Gasteiger partial charge in [0.2, 0.25) is 6.10 Å². The van der Waals surface area contributed by atoms with E-state index in [4.69, 9.17) is 9.47 Å². The second-order valence-electron chi connectivity index (χ2n) is 4.91. The van der Waals surface area contributed by atoms with E-state index in [0.717, 1.165) is 4.47 Å². The van der Waals surface area contributed by atoms with Crippen LogP contribution in [0.25, 0.3) is 0 Å². The highest BCUT2D eigenvalue weighted by molar-refractivity contribution is 9.10. The highest BCUT2D eigenvalue weighted by Crippen LogP contribution is 2.30. The number of amides is 1. The topological polar surface area (TPSA) is 93.7 Å². The van der Waals surface area contributed by atoms with Gasteiger partial charge in [-0.3, -0.25) is 10.2 Å². The Hall–Kier alpha value is -2.10. The molecule has 0 saturated carbocycles. The standard InChI is InChI=1S/C15H13BrN2O5S/c16-10-5-7-11(8-6-10)24(20,21)18-17-15(19)14-9-22-12-3-1-2-4-13(12)23-14/h1-8,14,18H,9H2,(H,17,19). The number of fused-ring (bicyclic) bond motifs is 1. The van der Waals surface area contributed by atoms with E-state index in [9.17, 15) is 13.2 Å². The molecule has 126 valence electrons. The highest BCUT2D eigenvalue weighted by Gasteiger charge is 2.28. The molecule has 3 rings (SSSR count). The second kappa shape index (κ2) is 6.80. The van der Waals surface area contributed by atoms with Gasteiger partial charge in [0.25, 0.3) is 15.9 Å². The number of hydrazine groups is 1. The van der Waals surface area contributed by atoms with E-state index in [2.05, 4.69) is 21.4 Å². The molecule has 0 aromatic heterocycles. The maximum atomic E-state index is 12.1. The molecule has 2 N–H and O–H groups in total. The minimum atomic E-state index is -3.87. The summed E-state index contributed by atoms with van der Waals surface area (Å²) in [6.45, 7) is -0.0111. The Balaban J connectivity index is 1.63. The third-order valence-corrected chi connectivity index (χ3v) is 5.03. The quantitative estimate of drug-likeness (QED) is 0.743. The van der Waals surface area contributed by atoms with Crippen LogP contribution in [-0.2, 0) is 14.8 Å². The molecule has 1 unspecified atom stereocenters. The van der Waals surface area contributed by atoms with E-state index >= 15 is 0 Å². The van der Waals surface area contributed by atoms with Gasteiger partial charge in [-0.15, -0.1) is 4.83 Å². The van der Waals surface area contributed by atoms with Gasteiger partial charge in [-0.2, -0.15) is 0 Å². The van der Waals surface area contributed by atoms with Crippen molar-refractivity contribution in [1.82, 2.24) is 10.3 Å². The number of rotatable bonds is 4. The Morgan fingerprint density at radius 2 is 1.75 bits per heavy atom. The average molecular weight is 413 g/mol. The number of hydrogen-bond acceptors (Lipinski definition) is 5. The maximum Gasteiger partial charge on any atom is 0.279 e. The first kappa shape index (κ1) is 16.7. The lowest BCUT2D eigenvalue weighted by Gasteiger charge is -2.25. The molecule has 0 bridgehead atoms. The summed E-state index contributed by atoms with van der Waals surface area (Å²) in [5, 5.41) is 0. The van der Waals surface area contributed by atoms with E-state index < -0.39 is 22.0 Å². The van der Waals surface area contributed by atoms with E-state index in [0.29, 0.717) is 11.5 Å². The van der Waals surface area contributed by atoms with Crippen LogP contribution >= 0.6 is 15.9 Å². The molecule has 2 aromatic carbocycles. The summed E-state index contributed by atoms with van der Waals surface area (Å²) in [5.41, 5.74) is 2.14. The number of sulfonamides is 1. The molecule has 1 aliphatic heterocycles. The second-order valence-corrected chi connectivity index (χ2v) is 7.51. The molecular weight excluding hydrogens is 400 g/mol. The molecule has 1 amide bonds. The molecule has 0 saturated heterocycles. The van der Waals surface area contributed by atoms with Crippen molar-refractivity contribution in [2.24, 2.45) is 0 Å². The van der Waals surface area contributed by atoms with Gasteiger partial charge in [-0.05, 0) is 36.4 Å². The van der Waals surface area contributed by atoms with E-state index in [1.807, 2.05) is 4.83 Å². The maximum absolute atomic E-state index is 12.1. The Morgan fingerprint density at radius 1 is 1.08 bits per heavy atom. The Bertz CT molecular complexity index is 854. The highest BCUT2D eigenvalue weighted by atomic mass is 79.9. The first-order valence-electron chi connectivity index (χ1n) is 6.91. The number of halogens is 1. The first-order valence-corrected chi connectivity index (χ1v) is 9.19. The smallest absolute Gasteiger partial charge is 0.279 e. The fraction of sp³-hybridized carbons (Fsp3) is 0.133. The summed E-state index contributed by atoms with van der Waals surface area (Å²) < 4.78 is 35.9. The zero-order valence-corrected chi connectivity index (χ0v) is 14.6. The van der Waals surface area contributed by atoms with Crippen LogP contribution in [0.2, 0.25) is 0 Å². The zero-order valence-electron chi connectivity index (χ0n) is 12.2. The van der Waals surface area contributed by atoms with Gasteiger partial charge in [0.15, 0.2) is 11.5 Å². The van der Waals surface area contributed by atoms with Gasteiger partial charge in [-0.1, -0.05) is 28.1 Å². The van der Waals surface area contributed by atoms with Crippen LogP contribution in [0.4, 0.5) is 0 Å². The normalized spacial score (nSPS) is 16.5. The van der Waals surface area contributed by atoms with Crippen molar-refractivity contribution >= 4 is 31.9 Å². The third-order valence-electron chi connectivity index (χ3n) is 3.23. The first-order chi connectivity index (χ1) is 11.5. The molecule has 0 radical (unpaired) electrons. The van der Waals surface area contributed by atoms with Crippen molar-refractivity contribution in [1.29, 1.82) is 0 Å². The fourth-order valence-corrected chi connectivity index (χ4v) is 3.13. The van der Waals surface area contributed by atoms with Crippen LogP contribution in [0.3, 0.4) is 0 Å². The van der Waals surface area contributed by atoms with Crippen LogP contribution in [0, 0.1) is 0 Å². The van der Waals surface area contributed by atoms with Crippen LogP contribution in [0.1, 0.15) is 0 Å². The summed E-state index contributed by atoms with van der Waals surface area (Å²) in [6, 6.07) is 12.9. The van der Waals surface area contributed by atoms with Crippen molar-refractivity contribution in [3.63, 3.8) is 0 Å². The van der Waals surface area contributed by atoms with Gasteiger partial charge in [0.1, 0.15) is 6.61 Å². The van der Waals surface area contributed by atoms with Crippen LogP contribution in [0.15, 0.2) is 57.9 Å². The van der Waals surface area contributed by atoms with E-state index in [-0.39, 0.29) is 11.5 Å². The molecule has 24 heavy (non-hydrogen) atoms. The summed E-state index contributed by atoms with van der Waals surface area (Å²) in [7, 11) is -3.87. The van der Waals surface area contributed by atoms with E-state index in [1.54, 1.807) is 36.4 Å². The lowest BCUT2D eigenvalue weighted by molar-refractivity contribution is -0.130. The lowest BCUT2D eigenvalue weighted by Crippen LogP contribution is -2.50. The molecular formula is C15H13BrN2O5S. The summed E-state index contributed by atoms with van der Waals surface area (Å²) in [6.07, 6.45) is -0.951. The molecule has 9 heteroatoms. The molecule has 0 fully saturated rings. The SMILES string of the molecule is O=C(NNS(=O)(=O)c1ccc(Br)cc1)C1COc2ccccc2O1. The molecule has 1 aliphatic rings. The number of hydrogen-bond donors (Lipinski definition) is 2. The number of carbonyl (C=O) groups excluding carboxylic acids is 1. The lowest BCUT2D eigenvalue weighted by atomic mass is 10.2. The van der Waals surface area contributed by atoms with Crippen molar-refractivity contribution in [2.45, 2.75) is 11.0 Å². The molecule has 1 atom stereocenters. The summed E-state index contributed by atoms with van der Waals surface area (Å²) in [4.78, 5) is 14.2. The third kappa shape index (κ3) is 3.69. The van der Waals surface area contributed by atoms with Gasteiger partial charge in [0, 0.05) is 4.47 Å². The van der Waals surface area contributed by atoms with Gasteiger partial charge in [0.05, 0.1) is 4.90 Å². The molecule has 0 aliphatic carbocycles. The summed E-state index contributed by atoms with van der Waals surface area (Å²) in [5.74, 6) is 0.321. The number of carbonyl (C=O) groups is 1. The van der Waals surface area contributed by atoms with E-state index in [1.165, 1.54) is 12.1 Å². The largest absolute Gasteiger partial charge is 0.485 e. The minimum absolute atomic E-state index is 0.0111. The Morgan fingerprint density at radius 3 is 2.46 bits per heavy atom. The van der Waals surface area contributed by atoms with Crippen molar-refractivity contribution in [3.05, 3.63) is 53.0 Å². The van der Waals surface area contributed by atoms with Crippen molar-refractivity contribution < 1.29 is 22.7 Å². The summed E-state index contributed by atoms with van der Waals surface area (Å²) >= 11 is 3.22. The van der Waals surface area contributed by atoms with Gasteiger partial charge < -0.3 is 9.47 Å². The van der Waals surface area contributed by atoms with Gasteiger partial charge >= 0.3 is 0 Å². The van der Waals surface area contributed by atoms with Crippen LogP contribution < -0.4 is 19.7 Å². The molecule has 0 spiro atoms. The number of ether oxygens (including phenoxy) is 2. The molecule has 7 nitrogen and oxygen atoms in total. The number of para-hydroxylation sites is 2. The van der Waals surface area contributed by atoms with Crippen molar-refractivity contribution in [3.8, 4) is 11.5 Å². The monoisotopic (exact) mass is 412 g/mol. The Labute approximate surface area is 147 Å². The predicted molar refractivity (Wildman–Crippen MR) is 89.0 cm³/mol.